The maximum absolute atomic E-state index is 5.91. The summed E-state index contributed by atoms with van der Waals surface area (Å²) in [6.45, 7) is 2.28. The Hall–Kier alpha value is -1.85. The molecule has 0 amide bonds. The molecule has 0 radical (unpaired) electrons. The molecule has 1 aliphatic rings. The van der Waals surface area contributed by atoms with Gasteiger partial charge in [0.25, 0.3) is 0 Å². The van der Waals surface area contributed by atoms with E-state index in [9.17, 15) is 0 Å². The average molecular weight is 388 g/mol. The molecule has 26 heavy (non-hydrogen) atoms. The molecule has 0 unspecified atom stereocenters. The van der Waals surface area contributed by atoms with Gasteiger partial charge in [0.1, 0.15) is 16.7 Å². The Labute approximate surface area is 162 Å². The van der Waals surface area contributed by atoms with Gasteiger partial charge in [0, 0.05) is 24.4 Å². The molecule has 2 aromatic heterocycles. The Morgan fingerprint density at radius 3 is 2.77 bits per heavy atom. The molecule has 0 aliphatic heterocycles. The lowest BCUT2D eigenvalue weighted by molar-refractivity contribution is 0.328. The van der Waals surface area contributed by atoms with E-state index < -0.39 is 0 Å². The van der Waals surface area contributed by atoms with E-state index in [4.69, 9.17) is 21.3 Å². The Bertz CT molecular complexity index is 892. The van der Waals surface area contributed by atoms with Crippen molar-refractivity contribution < 1.29 is 4.74 Å². The van der Waals surface area contributed by atoms with Crippen LogP contribution >= 0.6 is 22.9 Å². The summed E-state index contributed by atoms with van der Waals surface area (Å²) in [5, 5.41) is 5.03. The van der Waals surface area contributed by atoms with Crippen molar-refractivity contribution in [3.05, 3.63) is 41.7 Å². The van der Waals surface area contributed by atoms with E-state index >= 15 is 0 Å². The van der Waals surface area contributed by atoms with Gasteiger partial charge in [-0.05, 0) is 43.9 Å². The van der Waals surface area contributed by atoms with Gasteiger partial charge in [-0.2, -0.15) is 0 Å². The summed E-state index contributed by atoms with van der Waals surface area (Å²) in [7, 11) is 0. The molecule has 1 aliphatic carbocycles. The van der Waals surface area contributed by atoms with Crippen LogP contribution in [-0.2, 0) is 0 Å². The van der Waals surface area contributed by atoms with Crippen molar-refractivity contribution >= 4 is 38.3 Å². The molecular formula is C20H22ClN3OS. The molecule has 4 nitrogen and oxygen atoms in total. The van der Waals surface area contributed by atoms with Gasteiger partial charge < -0.3 is 10.1 Å². The van der Waals surface area contributed by atoms with Crippen molar-refractivity contribution in [2.75, 3.05) is 5.32 Å². The maximum atomic E-state index is 5.91. The monoisotopic (exact) mass is 387 g/mol. The van der Waals surface area contributed by atoms with Crippen molar-refractivity contribution in [3.8, 4) is 11.5 Å². The third kappa shape index (κ3) is 4.10. The van der Waals surface area contributed by atoms with Crippen LogP contribution in [-0.4, -0.2) is 16.0 Å². The molecule has 3 aromatic rings. The number of hydrogen-bond acceptors (Lipinski definition) is 5. The maximum Gasteiger partial charge on any atom is 0.184 e. The number of nitrogens with one attached hydrogen (secondary N) is 1. The highest BCUT2D eigenvalue weighted by Crippen LogP contribution is 2.33. The minimum atomic E-state index is 0.421. The number of thiazole rings is 1. The lowest BCUT2D eigenvalue weighted by atomic mass is 9.85. The Morgan fingerprint density at radius 2 is 1.96 bits per heavy atom. The molecule has 0 saturated heterocycles. The molecule has 1 fully saturated rings. The Balaban J connectivity index is 1.48. The number of pyridine rings is 1. The second kappa shape index (κ2) is 7.80. The standard InChI is InChI=1S/C20H22ClN3OS/c1-13(14-5-3-2-4-6-14)23-20-24-17-8-7-15(11-18(17)26-20)25-16-9-10-22-19(21)12-16/h7-14H,2-6H2,1H3,(H,23,24)/t13-/m1/s1. The number of ether oxygens (including phenoxy) is 1. The largest absolute Gasteiger partial charge is 0.457 e. The van der Waals surface area contributed by atoms with Crippen molar-refractivity contribution in [2.24, 2.45) is 5.92 Å². The SMILES string of the molecule is C[C@@H](Nc1nc2ccc(Oc3ccnc(Cl)c3)cc2s1)C1CCCCC1. The number of nitrogens with zero attached hydrogens (tertiary/aromatic N) is 2. The van der Waals surface area contributed by atoms with Crippen LogP contribution < -0.4 is 10.1 Å². The van der Waals surface area contributed by atoms with Crippen LogP contribution in [0.3, 0.4) is 0 Å². The first-order valence-electron chi connectivity index (χ1n) is 9.14. The van der Waals surface area contributed by atoms with Crippen LogP contribution in [0.5, 0.6) is 11.5 Å². The minimum Gasteiger partial charge on any atom is -0.457 e. The number of anilines is 1. The van der Waals surface area contributed by atoms with Crippen molar-refractivity contribution in [3.63, 3.8) is 0 Å². The van der Waals surface area contributed by atoms with E-state index in [0.717, 1.165) is 27.0 Å². The predicted octanol–water partition coefficient (Wildman–Crippen LogP) is 6.52. The zero-order valence-corrected chi connectivity index (χ0v) is 16.3. The van der Waals surface area contributed by atoms with Gasteiger partial charge in [0.2, 0.25) is 0 Å². The fourth-order valence-electron chi connectivity index (χ4n) is 3.56. The summed E-state index contributed by atoms with van der Waals surface area (Å²) in [5.41, 5.74) is 0.994. The molecule has 2 heterocycles. The number of fused-ring (bicyclic) bond motifs is 1. The van der Waals surface area contributed by atoms with Crippen LogP contribution in [0.4, 0.5) is 5.13 Å². The summed E-state index contributed by atoms with van der Waals surface area (Å²) in [6, 6.07) is 9.92. The fourth-order valence-corrected chi connectivity index (χ4v) is 4.72. The molecule has 0 spiro atoms. The van der Waals surface area contributed by atoms with Gasteiger partial charge in [-0.1, -0.05) is 42.2 Å². The first-order valence-corrected chi connectivity index (χ1v) is 10.3. The highest BCUT2D eigenvalue weighted by molar-refractivity contribution is 7.22. The van der Waals surface area contributed by atoms with Crippen molar-refractivity contribution in [1.82, 2.24) is 9.97 Å². The topological polar surface area (TPSA) is 47.0 Å². The van der Waals surface area contributed by atoms with E-state index in [0.29, 0.717) is 16.9 Å². The third-order valence-electron chi connectivity index (χ3n) is 5.00. The van der Waals surface area contributed by atoms with Crippen LogP contribution in [0.15, 0.2) is 36.5 Å². The van der Waals surface area contributed by atoms with E-state index in [2.05, 4.69) is 17.2 Å². The van der Waals surface area contributed by atoms with E-state index in [1.165, 1.54) is 32.1 Å². The molecule has 6 heteroatoms. The quantitative estimate of drug-likeness (QED) is 0.506. The second-order valence-electron chi connectivity index (χ2n) is 6.90. The van der Waals surface area contributed by atoms with Gasteiger partial charge in [-0.25, -0.2) is 9.97 Å². The van der Waals surface area contributed by atoms with Crippen LogP contribution in [0.2, 0.25) is 5.15 Å². The van der Waals surface area contributed by atoms with E-state index in [1.807, 2.05) is 18.2 Å². The molecule has 136 valence electrons. The highest BCUT2D eigenvalue weighted by Gasteiger charge is 2.20. The molecule has 1 atom stereocenters. The average Bonchev–Trinajstić information content (AvgIpc) is 3.04. The smallest absolute Gasteiger partial charge is 0.184 e. The summed E-state index contributed by atoms with van der Waals surface area (Å²) in [5.74, 6) is 2.21. The molecule has 1 aromatic carbocycles. The summed E-state index contributed by atoms with van der Waals surface area (Å²) in [4.78, 5) is 8.70. The molecule has 4 rings (SSSR count). The van der Waals surface area contributed by atoms with Gasteiger partial charge in [0.15, 0.2) is 5.13 Å². The minimum absolute atomic E-state index is 0.421. The number of rotatable bonds is 5. The number of hydrogen-bond donors (Lipinski definition) is 1. The summed E-state index contributed by atoms with van der Waals surface area (Å²) in [6.07, 6.45) is 8.39. The molecule has 0 bridgehead atoms. The predicted molar refractivity (Wildman–Crippen MR) is 109 cm³/mol. The van der Waals surface area contributed by atoms with Gasteiger partial charge in [-0.15, -0.1) is 0 Å². The van der Waals surface area contributed by atoms with Crippen LogP contribution in [0, 0.1) is 5.92 Å². The number of aromatic nitrogens is 2. The first-order chi connectivity index (χ1) is 12.7. The number of halogens is 1. The van der Waals surface area contributed by atoms with Gasteiger partial charge in [0.05, 0.1) is 10.2 Å². The Morgan fingerprint density at radius 1 is 1.15 bits per heavy atom. The van der Waals surface area contributed by atoms with Gasteiger partial charge >= 0.3 is 0 Å². The zero-order valence-electron chi connectivity index (χ0n) is 14.7. The molecule has 1 saturated carbocycles. The third-order valence-corrected chi connectivity index (χ3v) is 6.16. The van der Waals surface area contributed by atoms with Gasteiger partial charge in [-0.3, -0.25) is 0 Å². The lowest BCUT2D eigenvalue weighted by Crippen LogP contribution is -2.27. The lowest BCUT2D eigenvalue weighted by Gasteiger charge is -2.28. The van der Waals surface area contributed by atoms with Crippen molar-refractivity contribution in [2.45, 2.75) is 45.1 Å². The highest BCUT2D eigenvalue weighted by atomic mass is 35.5. The van der Waals surface area contributed by atoms with E-state index in [-0.39, 0.29) is 0 Å². The van der Waals surface area contributed by atoms with Crippen molar-refractivity contribution in [1.29, 1.82) is 0 Å². The van der Waals surface area contributed by atoms with Crippen LogP contribution in [0.1, 0.15) is 39.0 Å². The number of benzene rings is 1. The fraction of sp³-hybridized carbons (Fsp3) is 0.400. The zero-order chi connectivity index (χ0) is 17.9. The second-order valence-corrected chi connectivity index (χ2v) is 8.31. The molecular weight excluding hydrogens is 366 g/mol. The normalized spacial score (nSPS) is 16.5. The van der Waals surface area contributed by atoms with Crippen LogP contribution in [0.25, 0.3) is 10.2 Å². The molecule has 1 N–H and O–H groups in total. The first kappa shape index (κ1) is 17.6. The van der Waals surface area contributed by atoms with E-state index in [1.54, 1.807) is 29.7 Å². The summed E-state index contributed by atoms with van der Waals surface area (Å²) < 4.78 is 7.00. The summed E-state index contributed by atoms with van der Waals surface area (Å²) >= 11 is 7.59. The Kier molecular flexibility index (Phi) is 5.27.